The lowest BCUT2D eigenvalue weighted by Crippen LogP contribution is -2.55. The van der Waals surface area contributed by atoms with E-state index in [1.165, 1.54) is 38.8 Å². The lowest BCUT2D eigenvalue weighted by molar-refractivity contribution is 0.0823. The zero-order valence-electron chi connectivity index (χ0n) is 10.5. The van der Waals surface area contributed by atoms with Gasteiger partial charge in [-0.15, -0.1) is 0 Å². The lowest BCUT2D eigenvalue weighted by atomic mass is 9.76. The highest BCUT2D eigenvalue weighted by atomic mass is 15.2. The summed E-state index contributed by atoms with van der Waals surface area (Å²) >= 11 is 0. The molecule has 2 rings (SSSR count). The van der Waals surface area contributed by atoms with E-state index in [9.17, 15) is 0 Å². The first-order valence-corrected chi connectivity index (χ1v) is 6.63. The average Bonchev–Trinajstić information content (AvgIpc) is 2.69. The Balaban J connectivity index is 2.04. The van der Waals surface area contributed by atoms with Crippen molar-refractivity contribution in [1.82, 2.24) is 10.2 Å². The van der Waals surface area contributed by atoms with Crippen molar-refractivity contribution in [1.29, 1.82) is 0 Å². The second kappa shape index (κ2) is 4.84. The molecular formula is C13H26N2. The third-order valence-corrected chi connectivity index (χ3v) is 4.36. The number of hydrogen-bond donors (Lipinski definition) is 1. The second-order valence-electron chi connectivity index (χ2n) is 5.68. The third kappa shape index (κ3) is 2.36. The van der Waals surface area contributed by atoms with Gasteiger partial charge in [0.2, 0.25) is 0 Å². The molecule has 1 aliphatic carbocycles. The fraction of sp³-hybridized carbons (Fsp3) is 1.00. The molecule has 0 aromatic carbocycles. The van der Waals surface area contributed by atoms with Crippen molar-refractivity contribution < 1.29 is 0 Å². The van der Waals surface area contributed by atoms with Crippen LogP contribution in [0.1, 0.15) is 39.5 Å². The Bertz CT molecular complexity index is 199. The van der Waals surface area contributed by atoms with Crippen molar-refractivity contribution in [3.63, 3.8) is 0 Å². The van der Waals surface area contributed by atoms with Crippen LogP contribution in [0.3, 0.4) is 0 Å². The average molecular weight is 210 g/mol. The minimum atomic E-state index is 0.724. The first-order valence-electron chi connectivity index (χ1n) is 6.63. The molecule has 1 heterocycles. The highest BCUT2D eigenvalue weighted by molar-refractivity contribution is 4.94. The molecule has 0 aromatic rings. The minimum Gasteiger partial charge on any atom is -0.315 e. The highest BCUT2D eigenvalue weighted by Crippen LogP contribution is 2.33. The Hall–Kier alpha value is -0.0800. The lowest BCUT2D eigenvalue weighted by Gasteiger charge is -2.44. The van der Waals surface area contributed by atoms with Gasteiger partial charge in [0, 0.05) is 12.1 Å². The van der Waals surface area contributed by atoms with Crippen LogP contribution in [0.15, 0.2) is 0 Å². The van der Waals surface area contributed by atoms with E-state index in [1.54, 1.807) is 0 Å². The number of nitrogens with one attached hydrogen (secondary N) is 1. The van der Waals surface area contributed by atoms with Gasteiger partial charge in [0.15, 0.2) is 0 Å². The molecule has 2 fully saturated rings. The Labute approximate surface area is 94.4 Å². The number of likely N-dealkylation sites (tertiary alicyclic amines) is 1. The SMILES string of the molecule is CNC1CC(C)CC(C)C1N1CCCC1. The molecule has 4 unspecified atom stereocenters. The molecule has 1 saturated heterocycles. The molecule has 1 N–H and O–H groups in total. The summed E-state index contributed by atoms with van der Waals surface area (Å²) < 4.78 is 0. The van der Waals surface area contributed by atoms with Crippen LogP contribution in [-0.2, 0) is 0 Å². The molecule has 4 atom stereocenters. The maximum absolute atomic E-state index is 3.55. The fourth-order valence-corrected chi connectivity index (χ4v) is 3.78. The predicted molar refractivity (Wildman–Crippen MR) is 65.0 cm³/mol. The van der Waals surface area contributed by atoms with Gasteiger partial charge in [0.05, 0.1) is 0 Å². The fourth-order valence-electron chi connectivity index (χ4n) is 3.78. The number of hydrogen-bond acceptors (Lipinski definition) is 2. The van der Waals surface area contributed by atoms with Crippen LogP contribution < -0.4 is 5.32 Å². The molecule has 0 bridgehead atoms. The molecule has 0 aromatic heterocycles. The van der Waals surface area contributed by atoms with Crippen molar-refractivity contribution >= 4 is 0 Å². The van der Waals surface area contributed by atoms with E-state index in [1.807, 2.05) is 0 Å². The standard InChI is InChI=1S/C13H26N2/c1-10-8-11(2)13(12(9-10)14-3)15-6-4-5-7-15/h10-14H,4-9H2,1-3H3. The van der Waals surface area contributed by atoms with Crippen LogP contribution in [0.2, 0.25) is 0 Å². The Kier molecular flexibility index (Phi) is 3.68. The molecule has 1 aliphatic heterocycles. The van der Waals surface area contributed by atoms with E-state index in [4.69, 9.17) is 0 Å². The van der Waals surface area contributed by atoms with Crippen molar-refractivity contribution in [2.75, 3.05) is 20.1 Å². The second-order valence-corrected chi connectivity index (χ2v) is 5.68. The molecule has 15 heavy (non-hydrogen) atoms. The van der Waals surface area contributed by atoms with Crippen molar-refractivity contribution in [3.05, 3.63) is 0 Å². The largest absolute Gasteiger partial charge is 0.315 e. The zero-order chi connectivity index (χ0) is 10.8. The van der Waals surface area contributed by atoms with Gasteiger partial charge in [-0.05, 0) is 57.7 Å². The summed E-state index contributed by atoms with van der Waals surface area (Å²) in [6.45, 7) is 7.52. The van der Waals surface area contributed by atoms with E-state index < -0.39 is 0 Å². The van der Waals surface area contributed by atoms with E-state index in [0.29, 0.717) is 0 Å². The first-order chi connectivity index (χ1) is 7.22. The maximum Gasteiger partial charge on any atom is 0.0274 e. The summed E-state index contributed by atoms with van der Waals surface area (Å²) in [5.74, 6) is 1.76. The Morgan fingerprint density at radius 3 is 2.33 bits per heavy atom. The molecule has 0 radical (unpaired) electrons. The Morgan fingerprint density at radius 1 is 1.07 bits per heavy atom. The molecule has 1 saturated carbocycles. The van der Waals surface area contributed by atoms with Crippen LogP contribution in [0.5, 0.6) is 0 Å². The van der Waals surface area contributed by atoms with Crippen LogP contribution in [0.4, 0.5) is 0 Å². The Morgan fingerprint density at radius 2 is 1.73 bits per heavy atom. The number of likely N-dealkylation sites (N-methyl/N-ethyl adjacent to an activating group) is 1. The van der Waals surface area contributed by atoms with Crippen LogP contribution in [0.25, 0.3) is 0 Å². The number of rotatable bonds is 2. The van der Waals surface area contributed by atoms with Gasteiger partial charge >= 0.3 is 0 Å². The third-order valence-electron chi connectivity index (χ3n) is 4.36. The van der Waals surface area contributed by atoms with Gasteiger partial charge in [-0.25, -0.2) is 0 Å². The zero-order valence-corrected chi connectivity index (χ0v) is 10.5. The highest BCUT2D eigenvalue weighted by Gasteiger charge is 2.37. The molecule has 2 heteroatoms. The molecule has 2 aliphatic rings. The topological polar surface area (TPSA) is 15.3 Å². The molecule has 88 valence electrons. The summed E-state index contributed by atoms with van der Waals surface area (Å²) in [5, 5.41) is 3.55. The normalized spacial score (nSPS) is 43.4. The van der Waals surface area contributed by atoms with Gasteiger partial charge in [0.25, 0.3) is 0 Å². The van der Waals surface area contributed by atoms with Crippen molar-refractivity contribution in [2.45, 2.75) is 51.6 Å². The van der Waals surface area contributed by atoms with E-state index in [0.717, 1.165) is 23.9 Å². The first kappa shape index (κ1) is 11.4. The van der Waals surface area contributed by atoms with Gasteiger partial charge in [0.1, 0.15) is 0 Å². The number of nitrogens with zero attached hydrogens (tertiary/aromatic N) is 1. The van der Waals surface area contributed by atoms with Crippen LogP contribution in [-0.4, -0.2) is 37.1 Å². The monoisotopic (exact) mass is 210 g/mol. The molecule has 0 spiro atoms. The van der Waals surface area contributed by atoms with Crippen LogP contribution >= 0.6 is 0 Å². The minimum absolute atomic E-state index is 0.724. The summed E-state index contributed by atoms with van der Waals surface area (Å²) in [4.78, 5) is 2.73. The summed E-state index contributed by atoms with van der Waals surface area (Å²) in [6, 6.07) is 1.52. The van der Waals surface area contributed by atoms with Gasteiger partial charge in [-0.2, -0.15) is 0 Å². The maximum atomic E-state index is 3.55. The summed E-state index contributed by atoms with van der Waals surface area (Å²) in [7, 11) is 2.14. The van der Waals surface area contributed by atoms with Gasteiger partial charge in [-0.1, -0.05) is 13.8 Å². The molecule has 2 nitrogen and oxygen atoms in total. The smallest absolute Gasteiger partial charge is 0.0274 e. The van der Waals surface area contributed by atoms with Gasteiger partial charge in [-0.3, -0.25) is 4.90 Å². The van der Waals surface area contributed by atoms with E-state index in [-0.39, 0.29) is 0 Å². The van der Waals surface area contributed by atoms with E-state index >= 15 is 0 Å². The predicted octanol–water partition coefficient (Wildman–Crippen LogP) is 2.10. The van der Waals surface area contributed by atoms with Crippen molar-refractivity contribution in [2.24, 2.45) is 11.8 Å². The quantitative estimate of drug-likeness (QED) is 0.751. The summed E-state index contributed by atoms with van der Waals surface area (Å²) in [5.41, 5.74) is 0. The van der Waals surface area contributed by atoms with Crippen LogP contribution in [0, 0.1) is 11.8 Å². The molecular weight excluding hydrogens is 184 g/mol. The van der Waals surface area contributed by atoms with E-state index in [2.05, 4.69) is 31.1 Å². The van der Waals surface area contributed by atoms with Crippen molar-refractivity contribution in [3.8, 4) is 0 Å². The molecule has 0 amide bonds. The summed E-state index contributed by atoms with van der Waals surface area (Å²) in [6.07, 6.45) is 5.60. The van der Waals surface area contributed by atoms with Gasteiger partial charge < -0.3 is 5.32 Å².